The van der Waals surface area contributed by atoms with Crippen molar-refractivity contribution >= 4 is 34.0 Å². The van der Waals surface area contributed by atoms with Crippen LogP contribution < -0.4 is 5.32 Å². The van der Waals surface area contributed by atoms with Gasteiger partial charge in [-0.05, 0) is 67.5 Å². The molecular weight excluding hydrogens is 381 g/mol. The van der Waals surface area contributed by atoms with E-state index in [-0.39, 0.29) is 10.6 Å². The summed E-state index contributed by atoms with van der Waals surface area (Å²) in [5, 5.41) is 14.4. The zero-order valence-corrected chi connectivity index (χ0v) is 14.2. The normalized spacial score (nSPS) is 29.1. The van der Waals surface area contributed by atoms with Crippen molar-refractivity contribution in [2.75, 3.05) is 12.4 Å². The van der Waals surface area contributed by atoms with E-state index in [0.717, 1.165) is 5.69 Å². The summed E-state index contributed by atoms with van der Waals surface area (Å²) in [6, 6.07) is 7.16. The first-order chi connectivity index (χ1) is 10.0. The van der Waals surface area contributed by atoms with Crippen molar-refractivity contribution in [2.45, 2.75) is 50.2 Å². The molecule has 1 aromatic carbocycles. The lowest BCUT2D eigenvalue weighted by Crippen LogP contribution is -2.52. The summed E-state index contributed by atoms with van der Waals surface area (Å²) in [6.07, 6.45) is 6.27. The van der Waals surface area contributed by atoms with Gasteiger partial charge in [-0.25, -0.2) is 0 Å². The van der Waals surface area contributed by atoms with Crippen LogP contribution >= 0.6 is 22.6 Å². The lowest BCUT2D eigenvalue weighted by atomic mass is 9.82. The van der Waals surface area contributed by atoms with Gasteiger partial charge < -0.3 is 10.2 Å². The maximum atomic E-state index is 10.9. The molecule has 2 bridgehead atoms. The summed E-state index contributed by atoms with van der Waals surface area (Å²) >= 11 is 2.04. The molecule has 1 N–H and O–H groups in total. The van der Waals surface area contributed by atoms with Crippen molar-refractivity contribution in [2.24, 2.45) is 0 Å². The minimum absolute atomic E-state index is 0.182. The molecular formula is C15H20IN3O2. The number of nitrogens with zero attached hydrogens (tertiary/aromatic N) is 2. The van der Waals surface area contributed by atoms with Gasteiger partial charge in [0.1, 0.15) is 0 Å². The molecule has 6 heteroatoms. The molecule has 1 aromatic rings. The van der Waals surface area contributed by atoms with Gasteiger partial charge in [-0.3, -0.25) is 10.1 Å². The van der Waals surface area contributed by atoms with Crippen molar-refractivity contribution in [3.05, 3.63) is 31.9 Å². The van der Waals surface area contributed by atoms with Gasteiger partial charge in [-0.15, -0.1) is 0 Å². The van der Waals surface area contributed by atoms with Gasteiger partial charge in [0.15, 0.2) is 0 Å². The maximum Gasteiger partial charge on any atom is 0.282 e. The predicted molar refractivity (Wildman–Crippen MR) is 91.6 cm³/mol. The molecule has 0 aromatic heterocycles. The monoisotopic (exact) mass is 401 g/mol. The second kappa shape index (κ2) is 6.08. The number of fused-ring (bicyclic) bond motifs is 2. The molecule has 2 saturated heterocycles. The Morgan fingerprint density at radius 1 is 1.33 bits per heavy atom. The highest BCUT2D eigenvalue weighted by atomic mass is 127. The Balaban J connectivity index is 1.70. The lowest BCUT2D eigenvalue weighted by Gasteiger charge is -2.47. The molecule has 0 amide bonds. The Morgan fingerprint density at radius 3 is 2.57 bits per heavy atom. The van der Waals surface area contributed by atoms with E-state index in [2.05, 4.69) is 17.3 Å². The van der Waals surface area contributed by atoms with E-state index in [1.165, 1.54) is 32.1 Å². The molecule has 0 radical (unpaired) electrons. The van der Waals surface area contributed by atoms with Crippen LogP contribution in [0.25, 0.3) is 0 Å². The molecule has 2 aliphatic rings. The first kappa shape index (κ1) is 15.0. The number of hydrogen-bond acceptors (Lipinski definition) is 4. The van der Waals surface area contributed by atoms with Crippen molar-refractivity contribution < 1.29 is 4.92 Å². The molecule has 0 aliphatic carbocycles. The molecule has 0 spiro atoms. The molecule has 5 nitrogen and oxygen atoms in total. The fourth-order valence-electron chi connectivity index (χ4n) is 3.71. The molecule has 3 rings (SSSR count). The predicted octanol–water partition coefficient (Wildman–Crippen LogP) is 3.63. The Labute approximate surface area is 138 Å². The smallest absolute Gasteiger partial charge is 0.282 e. The van der Waals surface area contributed by atoms with Gasteiger partial charge in [-0.1, -0.05) is 6.42 Å². The molecule has 2 fully saturated rings. The molecule has 114 valence electrons. The quantitative estimate of drug-likeness (QED) is 0.478. The van der Waals surface area contributed by atoms with E-state index < -0.39 is 0 Å². The van der Waals surface area contributed by atoms with E-state index in [9.17, 15) is 10.1 Å². The van der Waals surface area contributed by atoms with Gasteiger partial charge in [0.2, 0.25) is 0 Å². The highest BCUT2D eigenvalue weighted by Gasteiger charge is 2.35. The third kappa shape index (κ3) is 3.15. The summed E-state index contributed by atoms with van der Waals surface area (Å²) in [6.45, 7) is 0. The van der Waals surface area contributed by atoms with E-state index in [0.29, 0.717) is 21.7 Å². The molecule has 2 unspecified atom stereocenters. The van der Waals surface area contributed by atoms with Crippen LogP contribution in [0.2, 0.25) is 0 Å². The van der Waals surface area contributed by atoms with Gasteiger partial charge in [0.25, 0.3) is 5.69 Å². The third-order valence-electron chi connectivity index (χ3n) is 4.85. The van der Waals surface area contributed by atoms with Crippen LogP contribution in [0.5, 0.6) is 0 Å². The van der Waals surface area contributed by atoms with Crippen LogP contribution in [0.4, 0.5) is 11.4 Å². The van der Waals surface area contributed by atoms with E-state index >= 15 is 0 Å². The first-order valence-electron chi connectivity index (χ1n) is 7.47. The summed E-state index contributed by atoms with van der Waals surface area (Å²) in [5.74, 6) is 0. The number of nitro groups is 1. The van der Waals surface area contributed by atoms with Crippen LogP contribution in [-0.4, -0.2) is 35.0 Å². The standard InChI is InChI=1S/C15H20IN3O2/c1-18-12-3-2-4-13(18)8-11(7-12)17-10-5-6-15(19(20)21)14(16)9-10/h5-6,9,11-13,17H,2-4,7-8H2,1H3. The van der Waals surface area contributed by atoms with Gasteiger partial charge in [0, 0.05) is 29.9 Å². The largest absolute Gasteiger partial charge is 0.382 e. The number of rotatable bonds is 3. The van der Waals surface area contributed by atoms with Gasteiger partial charge >= 0.3 is 0 Å². The maximum absolute atomic E-state index is 10.9. The average molecular weight is 401 g/mol. The average Bonchev–Trinajstić information content (AvgIpc) is 2.39. The minimum atomic E-state index is -0.328. The number of piperidine rings is 2. The fourth-order valence-corrected chi connectivity index (χ4v) is 4.43. The highest BCUT2D eigenvalue weighted by Crippen LogP contribution is 2.34. The van der Waals surface area contributed by atoms with Crippen molar-refractivity contribution in [3.63, 3.8) is 0 Å². The Morgan fingerprint density at radius 2 is 2.00 bits per heavy atom. The van der Waals surface area contributed by atoms with Crippen LogP contribution in [0.1, 0.15) is 32.1 Å². The third-order valence-corrected chi connectivity index (χ3v) is 5.72. The number of hydrogen-bond donors (Lipinski definition) is 1. The fraction of sp³-hybridized carbons (Fsp3) is 0.600. The van der Waals surface area contributed by atoms with Gasteiger partial charge in [0.05, 0.1) is 8.49 Å². The second-order valence-electron chi connectivity index (χ2n) is 6.14. The van der Waals surface area contributed by atoms with E-state index in [4.69, 9.17) is 0 Å². The van der Waals surface area contributed by atoms with Gasteiger partial charge in [-0.2, -0.15) is 0 Å². The van der Waals surface area contributed by atoms with E-state index in [1.54, 1.807) is 6.07 Å². The van der Waals surface area contributed by atoms with Crippen molar-refractivity contribution in [1.82, 2.24) is 4.90 Å². The number of anilines is 1. The van der Waals surface area contributed by atoms with Crippen LogP contribution in [0, 0.1) is 13.7 Å². The molecule has 2 atom stereocenters. The van der Waals surface area contributed by atoms with E-state index in [1.807, 2.05) is 34.7 Å². The Bertz CT molecular complexity index is 538. The van der Waals surface area contributed by atoms with Crippen molar-refractivity contribution in [1.29, 1.82) is 0 Å². The number of nitro benzene ring substituents is 1. The lowest BCUT2D eigenvalue weighted by molar-refractivity contribution is -0.385. The topological polar surface area (TPSA) is 58.4 Å². The summed E-state index contributed by atoms with van der Waals surface area (Å²) in [7, 11) is 2.25. The highest BCUT2D eigenvalue weighted by molar-refractivity contribution is 14.1. The van der Waals surface area contributed by atoms with Crippen molar-refractivity contribution in [3.8, 4) is 0 Å². The van der Waals surface area contributed by atoms with Crippen LogP contribution in [0.3, 0.4) is 0 Å². The summed E-state index contributed by atoms with van der Waals surface area (Å²) in [5.41, 5.74) is 1.18. The summed E-state index contributed by atoms with van der Waals surface area (Å²) < 4.78 is 0.690. The SMILES string of the molecule is CN1C2CCCC1CC(Nc1ccc([N+](=O)[O-])c(I)c1)C2. The Hall–Kier alpha value is -0.890. The molecule has 21 heavy (non-hydrogen) atoms. The minimum Gasteiger partial charge on any atom is -0.382 e. The summed E-state index contributed by atoms with van der Waals surface area (Å²) in [4.78, 5) is 13.1. The zero-order chi connectivity index (χ0) is 15.0. The number of benzene rings is 1. The Kier molecular flexibility index (Phi) is 4.35. The first-order valence-corrected chi connectivity index (χ1v) is 8.55. The van der Waals surface area contributed by atoms with Crippen LogP contribution in [-0.2, 0) is 0 Å². The molecule has 2 aliphatic heterocycles. The second-order valence-corrected chi connectivity index (χ2v) is 7.30. The zero-order valence-electron chi connectivity index (χ0n) is 12.1. The van der Waals surface area contributed by atoms with Crippen LogP contribution in [0.15, 0.2) is 18.2 Å². The number of halogens is 1. The number of nitrogens with one attached hydrogen (secondary N) is 1. The molecule has 0 saturated carbocycles. The molecule has 2 heterocycles.